The first-order valence-electron chi connectivity index (χ1n) is 7.14. The number of benzene rings is 2. The van der Waals surface area contributed by atoms with Gasteiger partial charge in [-0.1, -0.05) is 12.1 Å². The zero-order valence-electron chi connectivity index (χ0n) is 12.9. The first kappa shape index (κ1) is 15.2. The van der Waals surface area contributed by atoms with Crippen molar-refractivity contribution in [3.63, 3.8) is 0 Å². The van der Waals surface area contributed by atoms with Gasteiger partial charge in [0.25, 0.3) is 0 Å². The first-order valence-corrected chi connectivity index (χ1v) is 7.96. The minimum absolute atomic E-state index is 0.174. The van der Waals surface area contributed by atoms with Crippen LogP contribution in [0.15, 0.2) is 48.5 Å². The van der Waals surface area contributed by atoms with Crippen LogP contribution in [-0.4, -0.2) is 18.0 Å². The van der Waals surface area contributed by atoms with Gasteiger partial charge in [0.15, 0.2) is 0 Å². The SMILES string of the molecule is COc1ccc(C=CC(=O)Nc2ccc3sc(C)nc3c2)cc1. The summed E-state index contributed by atoms with van der Waals surface area (Å²) in [4.78, 5) is 16.4. The van der Waals surface area contributed by atoms with Crippen molar-refractivity contribution in [2.45, 2.75) is 6.92 Å². The minimum Gasteiger partial charge on any atom is -0.497 e. The van der Waals surface area contributed by atoms with Crippen LogP contribution >= 0.6 is 11.3 Å². The predicted molar refractivity (Wildman–Crippen MR) is 95.0 cm³/mol. The van der Waals surface area contributed by atoms with E-state index < -0.39 is 0 Å². The summed E-state index contributed by atoms with van der Waals surface area (Å²) < 4.78 is 6.22. The number of ether oxygens (including phenoxy) is 1. The van der Waals surface area contributed by atoms with Gasteiger partial charge in [0.05, 0.1) is 22.3 Å². The van der Waals surface area contributed by atoms with Crippen molar-refractivity contribution in [1.29, 1.82) is 0 Å². The van der Waals surface area contributed by atoms with Crippen molar-refractivity contribution in [2.24, 2.45) is 0 Å². The summed E-state index contributed by atoms with van der Waals surface area (Å²) in [5, 5.41) is 3.87. The molecule has 0 saturated carbocycles. The molecule has 0 atom stereocenters. The fourth-order valence-electron chi connectivity index (χ4n) is 2.19. The maximum Gasteiger partial charge on any atom is 0.248 e. The highest BCUT2D eigenvalue weighted by Gasteiger charge is 2.03. The van der Waals surface area contributed by atoms with Crippen LogP contribution in [0, 0.1) is 6.92 Å². The molecule has 0 aliphatic carbocycles. The molecule has 116 valence electrons. The van der Waals surface area contributed by atoms with Gasteiger partial charge in [-0.15, -0.1) is 11.3 Å². The van der Waals surface area contributed by atoms with Gasteiger partial charge in [0, 0.05) is 11.8 Å². The number of aromatic nitrogens is 1. The lowest BCUT2D eigenvalue weighted by Crippen LogP contribution is -2.07. The smallest absolute Gasteiger partial charge is 0.248 e. The van der Waals surface area contributed by atoms with Crippen LogP contribution in [-0.2, 0) is 4.79 Å². The number of anilines is 1. The Labute approximate surface area is 138 Å². The number of amides is 1. The Balaban J connectivity index is 1.68. The fraction of sp³-hybridized carbons (Fsp3) is 0.111. The van der Waals surface area contributed by atoms with E-state index in [1.807, 2.05) is 49.4 Å². The number of nitrogens with zero attached hydrogens (tertiary/aromatic N) is 1. The molecule has 0 unspecified atom stereocenters. The molecular weight excluding hydrogens is 308 g/mol. The Morgan fingerprint density at radius 1 is 1.22 bits per heavy atom. The van der Waals surface area contributed by atoms with E-state index in [0.29, 0.717) is 0 Å². The largest absolute Gasteiger partial charge is 0.497 e. The number of hydrogen-bond acceptors (Lipinski definition) is 4. The van der Waals surface area contributed by atoms with Gasteiger partial charge in [-0.2, -0.15) is 0 Å². The molecule has 0 bridgehead atoms. The molecule has 0 saturated heterocycles. The molecule has 0 aliphatic heterocycles. The number of carbonyl (C=O) groups excluding carboxylic acids is 1. The maximum atomic E-state index is 12.0. The Morgan fingerprint density at radius 2 is 2.00 bits per heavy atom. The second-order valence-electron chi connectivity index (χ2n) is 5.01. The molecule has 4 nitrogen and oxygen atoms in total. The van der Waals surface area contributed by atoms with Crippen LogP contribution in [0.3, 0.4) is 0 Å². The van der Waals surface area contributed by atoms with Gasteiger partial charge in [-0.05, 0) is 48.9 Å². The molecule has 0 spiro atoms. The van der Waals surface area contributed by atoms with Crippen molar-refractivity contribution >= 4 is 39.2 Å². The average molecular weight is 324 g/mol. The third-order valence-electron chi connectivity index (χ3n) is 3.30. The fourth-order valence-corrected chi connectivity index (χ4v) is 3.00. The van der Waals surface area contributed by atoms with Crippen LogP contribution in [0.4, 0.5) is 5.69 Å². The molecule has 1 amide bonds. The zero-order chi connectivity index (χ0) is 16.2. The van der Waals surface area contributed by atoms with Crippen molar-refractivity contribution in [3.8, 4) is 5.75 Å². The van der Waals surface area contributed by atoms with Gasteiger partial charge < -0.3 is 10.1 Å². The van der Waals surface area contributed by atoms with E-state index in [0.717, 1.165) is 32.2 Å². The van der Waals surface area contributed by atoms with E-state index in [-0.39, 0.29) is 5.91 Å². The number of fused-ring (bicyclic) bond motifs is 1. The lowest BCUT2D eigenvalue weighted by atomic mass is 10.2. The second kappa shape index (κ2) is 6.62. The zero-order valence-corrected chi connectivity index (χ0v) is 13.7. The number of thiazole rings is 1. The van der Waals surface area contributed by atoms with Crippen molar-refractivity contribution < 1.29 is 9.53 Å². The molecule has 1 heterocycles. The van der Waals surface area contributed by atoms with Crippen LogP contribution in [0.2, 0.25) is 0 Å². The summed E-state index contributed by atoms with van der Waals surface area (Å²) >= 11 is 1.64. The Bertz CT molecular complexity index is 866. The van der Waals surface area contributed by atoms with Crippen molar-refractivity contribution in [2.75, 3.05) is 12.4 Å². The second-order valence-corrected chi connectivity index (χ2v) is 6.25. The lowest BCUT2D eigenvalue weighted by molar-refractivity contribution is -0.111. The van der Waals surface area contributed by atoms with Gasteiger partial charge in [-0.25, -0.2) is 4.98 Å². The molecule has 2 aromatic carbocycles. The number of methoxy groups -OCH3 is 1. The monoisotopic (exact) mass is 324 g/mol. The van der Waals surface area contributed by atoms with E-state index in [9.17, 15) is 4.79 Å². The summed E-state index contributed by atoms with van der Waals surface area (Å²) in [5.41, 5.74) is 2.59. The third kappa shape index (κ3) is 3.76. The molecule has 23 heavy (non-hydrogen) atoms. The van der Waals surface area contributed by atoms with Crippen LogP contribution < -0.4 is 10.1 Å². The van der Waals surface area contributed by atoms with Crippen molar-refractivity contribution in [3.05, 3.63) is 59.1 Å². The van der Waals surface area contributed by atoms with E-state index in [1.54, 1.807) is 24.5 Å². The highest BCUT2D eigenvalue weighted by Crippen LogP contribution is 2.24. The quantitative estimate of drug-likeness (QED) is 0.729. The molecule has 0 fully saturated rings. The molecule has 1 aromatic heterocycles. The number of nitrogens with one attached hydrogen (secondary N) is 1. The summed E-state index contributed by atoms with van der Waals surface area (Å²) in [5.74, 6) is 0.616. The summed E-state index contributed by atoms with van der Waals surface area (Å²) in [6, 6.07) is 13.3. The lowest BCUT2D eigenvalue weighted by Gasteiger charge is -2.02. The summed E-state index contributed by atoms with van der Waals surface area (Å²) in [6.45, 7) is 1.97. The first-order chi connectivity index (χ1) is 11.1. The molecule has 0 radical (unpaired) electrons. The Kier molecular flexibility index (Phi) is 4.39. The maximum absolute atomic E-state index is 12.0. The Morgan fingerprint density at radius 3 is 2.74 bits per heavy atom. The van der Waals surface area contributed by atoms with Crippen LogP contribution in [0.25, 0.3) is 16.3 Å². The predicted octanol–water partition coefficient (Wildman–Crippen LogP) is 4.27. The van der Waals surface area contributed by atoms with Crippen LogP contribution in [0.5, 0.6) is 5.75 Å². The van der Waals surface area contributed by atoms with E-state index in [4.69, 9.17) is 4.74 Å². The van der Waals surface area contributed by atoms with E-state index >= 15 is 0 Å². The van der Waals surface area contributed by atoms with E-state index in [2.05, 4.69) is 10.3 Å². The van der Waals surface area contributed by atoms with Crippen LogP contribution in [0.1, 0.15) is 10.6 Å². The third-order valence-corrected chi connectivity index (χ3v) is 4.26. The van der Waals surface area contributed by atoms with Gasteiger partial charge in [0.2, 0.25) is 5.91 Å². The molecule has 3 aromatic rings. The summed E-state index contributed by atoms with van der Waals surface area (Å²) in [7, 11) is 1.62. The molecule has 1 N–H and O–H groups in total. The number of carbonyl (C=O) groups is 1. The number of rotatable bonds is 4. The normalized spacial score (nSPS) is 11.0. The van der Waals surface area contributed by atoms with E-state index in [1.165, 1.54) is 6.08 Å². The molecular formula is C18H16N2O2S. The average Bonchev–Trinajstić information content (AvgIpc) is 2.92. The highest BCUT2D eigenvalue weighted by molar-refractivity contribution is 7.18. The number of aryl methyl sites for hydroxylation is 1. The van der Waals surface area contributed by atoms with Gasteiger partial charge >= 0.3 is 0 Å². The highest BCUT2D eigenvalue weighted by atomic mass is 32.1. The molecule has 3 rings (SSSR count). The topological polar surface area (TPSA) is 51.2 Å². The van der Waals surface area contributed by atoms with Crippen molar-refractivity contribution in [1.82, 2.24) is 4.98 Å². The summed E-state index contributed by atoms with van der Waals surface area (Å²) in [6.07, 6.45) is 3.28. The molecule has 5 heteroatoms. The standard InChI is InChI=1S/C18H16N2O2S/c1-12-19-16-11-14(6-9-17(16)23-12)20-18(21)10-5-13-3-7-15(22-2)8-4-13/h3-11H,1-2H3,(H,20,21). The number of hydrogen-bond donors (Lipinski definition) is 1. The van der Waals surface area contributed by atoms with Gasteiger partial charge in [-0.3, -0.25) is 4.79 Å². The molecule has 0 aliphatic rings. The Hall–Kier alpha value is -2.66. The minimum atomic E-state index is -0.174. The van der Waals surface area contributed by atoms with Gasteiger partial charge in [0.1, 0.15) is 5.75 Å².